The van der Waals surface area contributed by atoms with Crippen molar-refractivity contribution < 1.29 is 9.90 Å². The number of hydrogen-bond donors (Lipinski definition) is 1. The van der Waals surface area contributed by atoms with Gasteiger partial charge in [-0.3, -0.25) is 4.79 Å². The van der Waals surface area contributed by atoms with Gasteiger partial charge in [0, 0.05) is 13.1 Å². The third-order valence-electron chi connectivity index (χ3n) is 7.29. The van der Waals surface area contributed by atoms with Gasteiger partial charge in [0.2, 0.25) is 0 Å². The van der Waals surface area contributed by atoms with Crippen LogP contribution >= 0.6 is 0 Å². The van der Waals surface area contributed by atoms with Gasteiger partial charge in [0.05, 0.1) is 5.41 Å². The molecule has 0 aromatic rings. The lowest BCUT2D eigenvalue weighted by atomic mass is 9.49. The number of carbonyl (C=O) groups is 1. The van der Waals surface area contributed by atoms with Crippen molar-refractivity contribution in [3.05, 3.63) is 0 Å². The number of carboxylic acids is 1. The van der Waals surface area contributed by atoms with Crippen molar-refractivity contribution >= 4 is 5.97 Å². The molecule has 5 rings (SSSR count). The third-order valence-corrected chi connectivity index (χ3v) is 7.29. The minimum atomic E-state index is -0.571. The van der Waals surface area contributed by atoms with Crippen LogP contribution in [0.5, 0.6) is 0 Å². The van der Waals surface area contributed by atoms with Crippen molar-refractivity contribution in [2.45, 2.75) is 58.3 Å². The SMILES string of the molecule is CCC1(C(=O)O)CCN(CC23CC4CC(CC(C4)C2)C3)C1. The molecule has 1 atom stereocenters. The van der Waals surface area contributed by atoms with Crippen LogP contribution in [-0.2, 0) is 4.79 Å². The van der Waals surface area contributed by atoms with E-state index in [1.165, 1.54) is 45.1 Å². The first-order chi connectivity index (χ1) is 10.0. The van der Waals surface area contributed by atoms with Gasteiger partial charge in [-0.1, -0.05) is 6.92 Å². The molecular weight excluding hydrogens is 262 g/mol. The summed E-state index contributed by atoms with van der Waals surface area (Å²) in [6.07, 6.45) is 10.4. The zero-order valence-electron chi connectivity index (χ0n) is 13.3. The molecule has 118 valence electrons. The maximum atomic E-state index is 11.6. The van der Waals surface area contributed by atoms with Crippen molar-refractivity contribution in [3.63, 3.8) is 0 Å². The summed E-state index contributed by atoms with van der Waals surface area (Å²) in [6.45, 7) is 5.02. The predicted octanol–water partition coefficient (Wildman–Crippen LogP) is 3.39. The molecule has 0 aromatic carbocycles. The van der Waals surface area contributed by atoms with Gasteiger partial charge in [-0.25, -0.2) is 0 Å². The molecule has 0 aromatic heterocycles. The third kappa shape index (κ3) is 2.23. The van der Waals surface area contributed by atoms with E-state index in [4.69, 9.17) is 0 Å². The van der Waals surface area contributed by atoms with Crippen molar-refractivity contribution in [3.8, 4) is 0 Å². The van der Waals surface area contributed by atoms with E-state index < -0.39 is 11.4 Å². The number of hydrogen-bond acceptors (Lipinski definition) is 2. The summed E-state index contributed by atoms with van der Waals surface area (Å²) in [4.78, 5) is 14.1. The van der Waals surface area contributed by atoms with E-state index in [1.54, 1.807) is 0 Å². The Balaban J connectivity index is 1.46. The van der Waals surface area contributed by atoms with Crippen LogP contribution in [0.1, 0.15) is 58.3 Å². The van der Waals surface area contributed by atoms with Gasteiger partial charge in [0.25, 0.3) is 0 Å². The smallest absolute Gasteiger partial charge is 0.310 e. The molecule has 3 heteroatoms. The van der Waals surface area contributed by atoms with E-state index >= 15 is 0 Å². The van der Waals surface area contributed by atoms with Crippen molar-refractivity contribution in [2.75, 3.05) is 19.6 Å². The molecule has 0 radical (unpaired) electrons. The van der Waals surface area contributed by atoms with Crippen LogP contribution < -0.4 is 0 Å². The van der Waals surface area contributed by atoms with E-state index in [9.17, 15) is 9.90 Å². The molecule has 21 heavy (non-hydrogen) atoms. The lowest BCUT2D eigenvalue weighted by molar-refractivity contribution is -0.148. The minimum Gasteiger partial charge on any atom is -0.481 e. The minimum absolute atomic E-state index is 0.456. The molecule has 1 aliphatic heterocycles. The molecule has 4 saturated carbocycles. The van der Waals surface area contributed by atoms with Gasteiger partial charge >= 0.3 is 5.97 Å². The van der Waals surface area contributed by atoms with E-state index in [0.717, 1.165) is 43.7 Å². The number of carboxylic acid groups (broad SMARTS) is 1. The predicted molar refractivity (Wildman–Crippen MR) is 82.0 cm³/mol. The molecule has 1 saturated heterocycles. The quantitative estimate of drug-likeness (QED) is 0.863. The first-order valence-corrected chi connectivity index (χ1v) is 8.98. The summed E-state index contributed by atoms with van der Waals surface area (Å²) in [6, 6.07) is 0. The normalized spacial score (nSPS) is 48.9. The Kier molecular flexibility index (Phi) is 3.15. The van der Waals surface area contributed by atoms with Crippen molar-refractivity contribution in [1.82, 2.24) is 4.90 Å². The number of likely N-dealkylation sites (tertiary alicyclic amines) is 1. The van der Waals surface area contributed by atoms with E-state index in [-0.39, 0.29) is 0 Å². The van der Waals surface area contributed by atoms with Gasteiger partial charge in [0.1, 0.15) is 0 Å². The maximum absolute atomic E-state index is 11.6. The Morgan fingerprint density at radius 3 is 2.14 bits per heavy atom. The second-order valence-electron chi connectivity index (χ2n) is 8.82. The first kappa shape index (κ1) is 14.0. The highest BCUT2D eigenvalue weighted by Crippen LogP contribution is 2.60. The molecule has 1 unspecified atom stereocenters. The second-order valence-corrected chi connectivity index (χ2v) is 8.82. The standard InChI is InChI=1S/C18H29NO2/c1-2-18(16(20)21)3-4-19(12-18)11-17-8-13-5-14(9-17)7-15(6-13)10-17/h13-15H,2-12H2,1H3,(H,20,21). The van der Waals surface area contributed by atoms with E-state index in [2.05, 4.69) is 4.90 Å². The Morgan fingerprint density at radius 2 is 1.71 bits per heavy atom. The lowest BCUT2D eigenvalue weighted by Gasteiger charge is -2.57. The highest BCUT2D eigenvalue weighted by molar-refractivity contribution is 5.75. The molecule has 5 aliphatic rings. The van der Waals surface area contributed by atoms with Crippen LogP contribution in [0, 0.1) is 28.6 Å². The molecule has 4 bridgehead atoms. The van der Waals surface area contributed by atoms with Gasteiger partial charge in [-0.05, 0) is 81.1 Å². The highest BCUT2D eigenvalue weighted by atomic mass is 16.4. The molecule has 1 N–H and O–H groups in total. The molecule has 1 heterocycles. The molecule has 5 fully saturated rings. The Morgan fingerprint density at radius 1 is 1.14 bits per heavy atom. The van der Waals surface area contributed by atoms with Crippen LogP contribution in [0.3, 0.4) is 0 Å². The van der Waals surface area contributed by atoms with Crippen molar-refractivity contribution in [1.29, 1.82) is 0 Å². The van der Waals surface area contributed by atoms with E-state index in [0.29, 0.717) is 5.41 Å². The Labute approximate surface area is 128 Å². The maximum Gasteiger partial charge on any atom is 0.310 e. The topological polar surface area (TPSA) is 40.5 Å². The summed E-state index contributed by atoms with van der Waals surface area (Å²) in [5.41, 5.74) is 0.0966. The molecule has 4 aliphatic carbocycles. The first-order valence-electron chi connectivity index (χ1n) is 8.98. The fourth-order valence-corrected chi connectivity index (χ4v) is 6.67. The molecule has 0 spiro atoms. The summed E-state index contributed by atoms with van der Waals surface area (Å²) < 4.78 is 0. The Hall–Kier alpha value is -0.570. The number of aliphatic carboxylic acids is 1. The second kappa shape index (κ2) is 4.71. The van der Waals surface area contributed by atoms with Crippen molar-refractivity contribution in [2.24, 2.45) is 28.6 Å². The van der Waals surface area contributed by atoms with Gasteiger partial charge < -0.3 is 10.0 Å². The Bertz CT molecular complexity index is 411. The number of nitrogens with zero attached hydrogens (tertiary/aromatic N) is 1. The fraction of sp³-hybridized carbons (Fsp3) is 0.944. The monoisotopic (exact) mass is 291 g/mol. The van der Waals surface area contributed by atoms with E-state index in [1.807, 2.05) is 6.92 Å². The zero-order valence-corrected chi connectivity index (χ0v) is 13.3. The molecular formula is C18H29NO2. The zero-order chi connectivity index (χ0) is 14.7. The van der Waals surface area contributed by atoms with Gasteiger partial charge in [-0.15, -0.1) is 0 Å². The number of rotatable bonds is 4. The lowest BCUT2D eigenvalue weighted by Crippen LogP contribution is -2.51. The summed E-state index contributed by atoms with van der Waals surface area (Å²) >= 11 is 0. The van der Waals surface area contributed by atoms with Crippen LogP contribution in [0.15, 0.2) is 0 Å². The summed E-state index contributed by atoms with van der Waals surface area (Å²) in [5, 5.41) is 9.58. The van der Waals surface area contributed by atoms with Crippen LogP contribution in [-0.4, -0.2) is 35.6 Å². The van der Waals surface area contributed by atoms with Gasteiger partial charge in [-0.2, -0.15) is 0 Å². The summed E-state index contributed by atoms with van der Waals surface area (Å²) in [7, 11) is 0. The van der Waals surface area contributed by atoms with Crippen LogP contribution in [0.25, 0.3) is 0 Å². The average Bonchev–Trinajstić information content (AvgIpc) is 2.81. The molecule has 0 amide bonds. The average molecular weight is 291 g/mol. The highest BCUT2D eigenvalue weighted by Gasteiger charge is 2.53. The van der Waals surface area contributed by atoms with Crippen LogP contribution in [0.2, 0.25) is 0 Å². The van der Waals surface area contributed by atoms with Crippen LogP contribution in [0.4, 0.5) is 0 Å². The van der Waals surface area contributed by atoms with Gasteiger partial charge in [0.15, 0.2) is 0 Å². The molecule has 3 nitrogen and oxygen atoms in total. The summed E-state index contributed by atoms with van der Waals surface area (Å²) in [5.74, 6) is 2.41. The largest absolute Gasteiger partial charge is 0.481 e. The fourth-order valence-electron chi connectivity index (χ4n) is 6.67.